The molecule has 1 saturated heterocycles. The minimum Gasteiger partial charge on any atom is -0.329 e. The number of aryl methyl sites for hydroxylation is 1. The fourth-order valence-electron chi connectivity index (χ4n) is 2.61. The minimum absolute atomic E-state index is 0.172. The Bertz CT molecular complexity index is 411. The first-order valence-corrected chi connectivity index (χ1v) is 7.48. The van der Waals surface area contributed by atoms with Crippen molar-refractivity contribution in [3.8, 4) is 0 Å². The Morgan fingerprint density at radius 1 is 1.56 bits per heavy atom. The molecule has 1 heterocycles. The van der Waals surface area contributed by atoms with E-state index in [2.05, 4.69) is 11.8 Å². The van der Waals surface area contributed by atoms with Gasteiger partial charge in [0.2, 0.25) is 0 Å². The molecule has 1 fully saturated rings. The summed E-state index contributed by atoms with van der Waals surface area (Å²) in [6.07, 6.45) is 0. The average molecular weight is 268 g/mol. The summed E-state index contributed by atoms with van der Waals surface area (Å²) in [5.41, 5.74) is 8.11. The molecule has 2 atom stereocenters. The molecular formula is C14H21FN2S. The lowest BCUT2D eigenvalue weighted by molar-refractivity contribution is 0.210. The van der Waals surface area contributed by atoms with Crippen LogP contribution in [0.5, 0.6) is 0 Å². The molecule has 0 aliphatic carbocycles. The van der Waals surface area contributed by atoms with Crippen LogP contribution in [0, 0.1) is 12.7 Å². The molecule has 2 nitrogen and oxygen atoms in total. The Balaban J connectivity index is 2.21. The monoisotopic (exact) mass is 268 g/mol. The fourth-order valence-corrected chi connectivity index (χ4v) is 3.65. The SMILES string of the molecule is Cc1cc(F)ccc1C(CN)N1CCSC(C)C1. The van der Waals surface area contributed by atoms with Gasteiger partial charge in [-0.05, 0) is 30.2 Å². The maximum atomic E-state index is 13.2. The molecular weight excluding hydrogens is 247 g/mol. The number of nitrogens with zero attached hydrogens (tertiary/aromatic N) is 1. The van der Waals surface area contributed by atoms with Crippen molar-refractivity contribution in [2.24, 2.45) is 5.73 Å². The number of rotatable bonds is 3. The van der Waals surface area contributed by atoms with Gasteiger partial charge in [0.1, 0.15) is 5.82 Å². The Labute approximate surface area is 113 Å². The second kappa shape index (κ2) is 6.04. The average Bonchev–Trinajstić information content (AvgIpc) is 2.33. The van der Waals surface area contributed by atoms with Gasteiger partial charge in [0, 0.05) is 36.7 Å². The Morgan fingerprint density at radius 2 is 2.33 bits per heavy atom. The van der Waals surface area contributed by atoms with E-state index in [-0.39, 0.29) is 11.9 Å². The van der Waals surface area contributed by atoms with Crippen LogP contribution in [0.3, 0.4) is 0 Å². The Kier molecular flexibility index (Phi) is 4.65. The summed E-state index contributed by atoms with van der Waals surface area (Å²) in [5.74, 6) is 0.979. The molecule has 0 bridgehead atoms. The van der Waals surface area contributed by atoms with Crippen molar-refractivity contribution < 1.29 is 4.39 Å². The van der Waals surface area contributed by atoms with Crippen LogP contribution in [0.15, 0.2) is 18.2 Å². The largest absolute Gasteiger partial charge is 0.329 e. The van der Waals surface area contributed by atoms with E-state index in [9.17, 15) is 4.39 Å². The first kappa shape index (κ1) is 13.8. The lowest BCUT2D eigenvalue weighted by Gasteiger charge is -2.37. The predicted molar refractivity (Wildman–Crippen MR) is 76.4 cm³/mol. The highest BCUT2D eigenvalue weighted by Crippen LogP contribution is 2.28. The molecule has 2 rings (SSSR count). The van der Waals surface area contributed by atoms with E-state index in [1.807, 2.05) is 24.8 Å². The summed E-state index contributed by atoms with van der Waals surface area (Å²) in [7, 11) is 0. The third kappa shape index (κ3) is 3.05. The second-order valence-corrected chi connectivity index (χ2v) is 6.48. The number of hydrogen-bond acceptors (Lipinski definition) is 3. The van der Waals surface area contributed by atoms with Crippen molar-refractivity contribution >= 4 is 11.8 Å². The minimum atomic E-state index is -0.172. The standard InChI is InChI=1S/C14H21FN2S/c1-10-7-12(15)3-4-13(10)14(8-16)17-5-6-18-11(2)9-17/h3-4,7,11,14H,5-6,8-9,16H2,1-2H3. The molecule has 1 aromatic carbocycles. The van der Waals surface area contributed by atoms with E-state index in [1.165, 1.54) is 6.07 Å². The van der Waals surface area contributed by atoms with Gasteiger partial charge in [-0.1, -0.05) is 13.0 Å². The van der Waals surface area contributed by atoms with Crippen molar-refractivity contribution in [2.75, 3.05) is 25.4 Å². The van der Waals surface area contributed by atoms with E-state index < -0.39 is 0 Å². The topological polar surface area (TPSA) is 29.3 Å². The fraction of sp³-hybridized carbons (Fsp3) is 0.571. The molecule has 0 aromatic heterocycles. The summed E-state index contributed by atoms with van der Waals surface area (Å²) in [6.45, 7) is 6.92. The molecule has 1 aromatic rings. The zero-order valence-electron chi connectivity index (χ0n) is 11.0. The molecule has 1 aliphatic heterocycles. The normalized spacial score (nSPS) is 23.0. The highest BCUT2D eigenvalue weighted by Gasteiger charge is 2.25. The van der Waals surface area contributed by atoms with Gasteiger partial charge in [-0.15, -0.1) is 0 Å². The number of benzene rings is 1. The lowest BCUT2D eigenvalue weighted by Crippen LogP contribution is -2.42. The molecule has 18 heavy (non-hydrogen) atoms. The third-order valence-corrected chi connectivity index (χ3v) is 4.66. The van der Waals surface area contributed by atoms with Crippen LogP contribution >= 0.6 is 11.8 Å². The number of nitrogens with two attached hydrogens (primary N) is 1. The molecule has 100 valence electrons. The van der Waals surface area contributed by atoms with Crippen LogP contribution in [-0.2, 0) is 0 Å². The van der Waals surface area contributed by atoms with Crippen molar-refractivity contribution in [1.29, 1.82) is 0 Å². The highest BCUT2D eigenvalue weighted by molar-refractivity contribution is 7.99. The Hall–Kier alpha value is -0.580. The zero-order valence-corrected chi connectivity index (χ0v) is 11.8. The third-order valence-electron chi connectivity index (χ3n) is 3.53. The van der Waals surface area contributed by atoms with Crippen LogP contribution in [0.25, 0.3) is 0 Å². The summed E-state index contributed by atoms with van der Waals surface area (Å²) >= 11 is 2.01. The van der Waals surface area contributed by atoms with Crippen LogP contribution < -0.4 is 5.73 Å². The van der Waals surface area contributed by atoms with Crippen molar-refractivity contribution in [3.05, 3.63) is 35.1 Å². The first-order chi connectivity index (χ1) is 8.61. The van der Waals surface area contributed by atoms with Gasteiger partial charge in [-0.2, -0.15) is 11.8 Å². The number of halogens is 1. The van der Waals surface area contributed by atoms with Crippen LogP contribution in [0.4, 0.5) is 4.39 Å². The van der Waals surface area contributed by atoms with Crippen LogP contribution in [0.1, 0.15) is 24.1 Å². The smallest absolute Gasteiger partial charge is 0.123 e. The molecule has 0 radical (unpaired) electrons. The zero-order chi connectivity index (χ0) is 13.1. The summed E-state index contributed by atoms with van der Waals surface area (Å²) in [6, 6.07) is 5.23. The van der Waals surface area contributed by atoms with Crippen molar-refractivity contribution in [3.63, 3.8) is 0 Å². The van der Waals surface area contributed by atoms with Gasteiger partial charge in [-0.25, -0.2) is 4.39 Å². The van der Waals surface area contributed by atoms with Crippen molar-refractivity contribution in [1.82, 2.24) is 4.90 Å². The van der Waals surface area contributed by atoms with Crippen LogP contribution in [-0.4, -0.2) is 35.5 Å². The van der Waals surface area contributed by atoms with Gasteiger partial charge < -0.3 is 5.73 Å². The van der Waals surface area contributed by atoms with E-state index in [1.54, 1.807) is 6.07 Å². The molecule has 1 aliphatic rings. The van der Waals surface area contributed by atoms with Gasteiger partial charge in [-0.3, -0.25) is 4.90 Å². The number of thioether (sulfide) groups is 1. The summed E-state index contributed by atoms with van der Waals surface area (Å²) in [5, 5.41) is 0.647. The Morgan fingerprint density at radius 3 is 2.94 bits per heavy atom. The first-order valence-electron chi connectivity index (χ1n) is 6.43. The molecule has 0 saturated carbocycles. The molecule has 4 heteroatoms. The molecule has 2 N–H and O–H groups in total. The molecule has 2 unspecified atom stereocenters. The van der Waals surface area contributed by atoms with Crippen LogP contribution in [0.2, 0.25) is 0 Å². The van der Waals surface area contributed by atoms with Gasteiger partial charge in [0.05, 0.1) is 0 Å². The lowest BCUT2D eigenvalue weighted by atomic mass is 9.99. The van der Waals surface area contributed by atoms with E-state index in [4.69, 9.17) is 5.73 Å². The molecule has 0 amide bonds. The van der Waals surface area contributed by atoms with Gasteiger partial charge >= 0.3 is 0 Å². The predicted octanol–water partition coefficient (Wildman–Crippen LogP) is 2.57. The number of hydrogen-bond donors (Lipinski definition) is 1. The van der Waals surface area contributed by atoms with E-state index in [0.717, 1.165) is 30.0 Å². The van der Waals surface area contributed by atoms with Gasteiger partial charge in [0.15, 0.2) is 0 Å². The molecule has 0 spiro atoms. The van der Waals surface area contributed by atoms with E-state index in [0.29, 0.717) is 11.8 Å². The summed E-state index contributed by atoms with van der Waals surface area (Å²) in [4.78, 5) is 2.43. The maximum Gasteiger partial charge on any atom is 0.123 e. The second-order valence-electron chi connectivity index (χ2n) is 4.93. The van der Waals surface area contributed by atoms with E-state index >= 15 is 0 Å². The van der Waals surface area contributed by atoms with Crippen molar-refractivity contribution in [2.45, 2.75) is 25.1 Å². The highest BCUT2D eigenvalue weighted by atomic mass is 32.2. The quantitative estimate of drug-likeness (QED) is 0.913. The van der Waals surface area contributed by atoms with Gasteiger partial charge in [0.25, 0.3) is 0 Å². The maximum absolute atomic E-state index is 13.2. The summed E-state index contributed by atoms with van der Waals surface area (Å²) < 4.78 is 13.2.